The van der Waals surface area contributed by atoms with Crippen LogP contribution < -0.4 is 5.32 Å². The van der Waals surface area contributed by atoms with Crippen molar-refractivity contribution in [1.82, 2.24) is 15.5 Å². The van der Waals surface area contributed by atoms with Crippen molar-refractivity contribution in [3.63, 3.8) is 0 Å². The number of amides is 1. The monoisotopic (exact) mass is 395 g/mol. The third-order valence-electron chi connectivity index (χ3n) is 4.55. The van der Waals surface area contributed by atoms with Gasteiger partial charge in [0.1, 0.15) is 6.04 Å². The lowest BCUT2D eigenvalue weighted by atomic mass is 9.99. The molecule has 2 atom stereocenters. The summed E-state index contributed by atoms with van der Waals surface area (Å²) in [5.74, 6) is 0.780. The van der Waals surface area contributed by atoms with Gasteiger partial charge in [-0.1, -0.05) is 67.4 Å². The minimum Gasteiger partial charge on any atom is -0.340 e. The highest BCUT2D eigenvalue weighted by atomic mass is 35.5. The molecular weight excluding hydrogens is 374 g/mol. The van der Waals surface area contributed by atoms with Gasteiger partial charge in [-0.05, 0) is 41.8 Å². The van der Waals surface area contributed by atoms with Gasteiger partial charge in [0.05, 0.1) is 0 Å². The number of hydrogen-bond acceptors (Lipinski definition) is 4. The Bertz CT molecular complexity index is 936. The van der Waals surface area contributed by atoms with Crippen molar-refractivity contribution in [3.8, 4) is 11.4 Å². The highest BCUT2D eigenvalue weighted by molar-refractivity contribution is 6.30. The second-order valence-corrected chi connectivity index (χ2v) is 7.02. The maximum absolute atomic E-state index is 12.4. The van der Waals surface area contributed by atoms with Crippen LogP contribution in [-0.2, 0) is 4.79 Å². The third-order valence-corrected chi connectivity index (χ3v) is 4.80. The van der Waals surface area contributed by atoms with Crippen LogP contribution >= 0.6 is 11.6 Å². The topological polar surface area (TPSA) is 68.0 Å². The lowest BCUT2D eigenvalue weighted by molar-refractivity contribution is -0.117. The van der Waals surface area contributed by atoms with Crippen LogP contribution in [0.5, 0.6) is 0 Å². The molecule has 2 aromatic carbocycles. The molecule has 1 aromatic heterocycles. The lowest BCUT2D eigenvalue weighted by Gasteiger charge is -2.19. The molecule has 28 heavy (non-hydrogen) atoms. The molecule has 0 aliphatic heterocycles. The van der Waals surface area contributed by atoms with Crippen LogP contribution in [-0.4, -0.2) is 16.0 Å². The Morgan fingerprint density at radius 1 is 1.18 bits per heavy atom. The van der Waals surface area contributed by atoms with Gasteiger partial charge in [-0.2, -0.15) is 4.98 Å². The zero-order chi connectivity index (χ0) is 19.9. The van der Waals surface area contributed by atoms with Gasteiger partial charge in [0.2, 0.25) is 17.6 Å². The van der Waals surface area contributed by atoms with Crippen molar-refractivity contribution < 1.29 is 9.32 Å². The van der Waals surface area contributed by atoms with E-state index >= 15 is 0 Å². The van der Waals surface area contributed by atoms with E-state index in [1.807, 2.05) is 49.4 Å². The van der Waals surface area contributed by atoms with Gasteiger partial charge in [-0.15, -0.1) is 0 Å². The van der Waals surface area contributed by atoms with E-state index in [9.17, 15) is 4.79 Å². The molecule has 0 radical (unpaired) electrons. The molecule has 144 valence electrons. The van der Waals surface area contributed by atoms with Gasteiger partial charge < -0.3 is 9.84 Å². The molecule has 3 aromatic rings. The van der Waals surface area contributed by atoms with E-state index < -0.39 is 0 Å². The maximum atomic E-state index is 12.4. The maximum Gasteiger partial charge on any atom is 0.249 e. The SMILES string of the molecule is CC[C@H](C)[C@H](NC(=O)/C=C/c1ccccc1)c1nc(-c2ccc(Cl)cc2)no1. The van der Waals surface area contributed by atoms with Crippen LogP contribution in [0, 0.1) is 5.92 Å². The summed E-state index contributed by atoms with van der Waals surface area (Å²) < 4.78 is 5.47. The first-order valence-electron chi connectivity index (χ1n) is 9.20. The summed E-state index contributed by atoms with van der Waals surface area (Å²) in [6.07, 6.45) is 4.14. The van der Waals surface area contributed by atoms with Crippen LogP contribution in [0.3, 0.4) is 0 Å². The first-order valence-corrected chi connectivity index (χ1v) is 9.57. The lowest BCUT2D eigenvalue weighted by Crippen LogP contribution is -2.31. The number of carbonyl (C=O) groups is 1. The van der Waals surface area contributed by atoms with E-state index in [2.05, 4.69) is 22.4 Å². The fourth-order valence-corrected chi connectivity index (χ4v) is 2.82. The highest BCUT2D eigenvalue weighted by Crippen LogP contribution is 2.26. The Morgan fingerprint density at radius 2 is 1.89 bits per heavy atom. The van der Waals surface area contributed by atoms with E-state index in [0.717, 1.165) is 17.5 Å². The average Bonchev–Trinajstić information content (AvgIpc) is 3.21. The Morgan fingerprint density at radius 3 is 2.57 bits per heavy atom. The Labute approximate surface area is 169 Å². The van der Waals surface area contributed by atoms with Gasteiger partial charge in [0.15, 0.2) is 0 Å². The van der Waals surface area contributed by atoms with Crippen molar-refractivity contribution in [1.29, 1.82) is 0 Å². The van der Waals surface area contributed by atoms with E-state index in [-0.39, 0.29) is 17.9 Å². The number of nitrogens with one attached hydrogen (secondary N) is 1. The zero-order valence-corrected chi connectivity index (χ0v) is 16.6. The van der Waals surface area contributed by atoms with Crippen molar-refractivity contribution in [3.05, 3.63) is 77.2 Å². The summed E-state index contributed by atoms with van der Waals surface area (Å²) in [6.45, 7) is 4.10. The van der Waals surface area contributed by atoms with Gasteiger partial charge >= 0.3 is 0 Å². The molecule has 1 amide bonds. The molecule has 0 fully saturated rings. The van der Waals surface area contributed by atoms with Crippen molar-refractivity contribution in [2.75, 3.05) is 0 Å². The van der Waals surface area contributed by atoms with Crippen LogP contribution in [0.4, 0.5) is 0 Å². The molecule has 0 spiro atoms. The van der Waals surface area contributed by atoms with E-state index in [0.29, 0.717) is 16.7 Å². The molecule has 1 heterocycles. The van der Waals surface area contributed by atoms with Gasteiger partial charge in [-0.3, -0.25) is 4.79 Å². The van der Waals surface area contributed by atoms with Gasteiger partial charge in [-0.25, -0.2) is 0 Å². The Hall–Kier alpha value is -2.92. The van der Waals surface area contributed by atoms with Crippen molar-refractivity contribution in [2.45, 2.75) is 26.3 Å². The summed E-state index contributed by atoms with van der Waals surface area (Å²) in [5.41, 5.74) is 1.76. The first kappa shape index (κ1) is 19.8. The average molecular weight is 396 g/mol. The molecule has 1 N–H and O–H groups in total. The quantitative estimate of drug-likeness (QED) is 0.550. The molecule has 0 saturated heterocycles. The molecule has 6 heteroatoms. The highest BCUT2D eigenvalue weighted by Gasteiger charge is 2.25. The fraction of sp³-hybridized carbons (Fsp3) is 0.227. The minimum atomic E-state index is -0.369. The van der Waals surface area contributed by atoms with Crippen LogP contribution in [0.25, 0.3) is 17.5 Å². The number of halogens is 1. The molecule has 5 nitrogen and oxygen atoms in total. The summed E-state index contributed by atoms with van der Waals surface area (Å²) >= 11 is 5.93. The van der Waals surface area contributed by atoms with E-state index in [1.165, 1.54) is 6.08 Å². The third kappa shape index (κ3) is 5.08. The van der Waals surface area contributed by atoms with Crippen molar-refractivity contribution in [2.24, 2.45) is 5.92 Å². The Balaban J connectivity index is 1.76. The summed E-state index contributed by atoms with van der Waals surface area (Å²) in [7, 11) is 0. The zero-order valence-electron chi connectivity index (χ0n) is 15.8. The Kier molecular flexibility index (Phi) is 6.61. The summed E-state index contributed by atoms with van der Waals surface area (Å²) in [4.78, 5) is 16.9. The number of benzene rings is 2. The second kappa shape index (κ2) is 9.33. The van der Waals surface area contributed by atoms with E-state index in [1.54, 1.807) is 18.2 Å². The minimum absolute atomic E-state index is 0.132. The standard InChI is InChI=1S/C22H22ClN3O2/c1-3-15(2)20(24-19(27)14-9-16-7-5-4-6-8-16)22-25-21(26-28-22)17-10-12-18(23)13-11-17/h4-15,20H,3H2,1-2H3,(H,24,27)/b14-9+/t15-,20-/m0/s1. The van der Waals surface area contributed by atoms with Crippen LogP contribution in [0.1, 0.15) is 37.8 Å². The molecule has 0 saturated carbocycles. The predicted octanol–water partition coefficient (Wildman–Crippen LogP) is 5.31. The summed E-state index contributed by atoms with van der Waals surface area (Å²) in [6, 6.07) is 16.5. The smallest absolute Gasteiger partial charge is 0.249 e. The van der Waals surface area contributed by atoms with Crippen LogP contribution in [0.2, 0.25) is 5.02 Å². The normalized spacial score (nSPS) is 13.4. The molecule has 0 aliphatic rings. The number of nitrogens with zero attached hydrogens (tertiary/aromatic N) is 2. The molecular formula is C22H22ClN3O2. The molecule has 3 rings (SSSR count). The van der Waals surface area contributed by atoms with E-state index in [4.69, 9.17) is 16.1 Å². The number of carbonyl (C=O) groups excluding carboxylic acids is 1. The van der Waals surface area contributed by atoms with Gasteiger partial charge in [0.25, 0.3) is 0 Å². The summed E-state index contributed by atoms with van der Waals surface area (Å²) in [5, 5.41) is 7.68. The van der Waals surface area contributed by atoms with Gasteiger partial charge in [0, 0.05) is 16.7 Å². The number of hydrogen-bond donors (Lipinski definition) is 1. The molecule has 0 bridgehead atoms. The largest absolute Gasteiger partial charge is 0.340 e. The molecule has 0 aliphatic carbocycles. The van der Waals surface area contributed by atoms with Crippen LogP contribution in [0.15, 0.2) is 65.2 Å². The number of aromatic nitrogens is 2. The predicted molar refractivity (Wildman–Crippen MR) is 111 cm³/mol. The fourth-order valence-electron chi connectivity index (χ4n) is 2.70. The number of rotatable bonds is 7. The first-order chi connectivity index (χ1) is 13.6. The molecule has 0 unspecified atom stereocenters. The second-order valence-electron chi connectivity index (χ2n) is 6.58. The van der Waals surface area contributed by atoms with Crippen molar-refractivity contribution >= 4 is 23.6 Å².